The predicted molar refractivity (Wildman–Crippen MR) is 79.3 cm³/mol. The lowest BCUT2D eigenvalue weighted by molar-refractivity contribution is -0.128. The Bertz CT molecular complexity index is 418. The predicted octanol–water partition coefficient (Wildman–Crippen LogP) is 1.93. The van der Waals surface area contributed by atoms with E-state index in [4.69, 9.17) is 5.73 Å². The second-order valence-corrected chi connectivity index (χ2v) is 6.45. The number of carbonyl (C=O) groups is 1. The van der Waals surface area contributed by atoms with Crippen molar-refractivity contribution in [2.75, 3.05) is 25.9 Å². The molecular formula is C14H22N2O2S. The van der Waals surface area contributed by atoms with Crippen LogP contribution in [0.4, 0.5) is 0 Å². The van der Waals surface area contributed by atoms with Gasteiger partial charge in [0.25, 0.3) is 0 Å². The maximum absolute atomic E-state index is 12.0. The molecule has 0 saturated heterocycles. The maximum Gasteiger partial charge on any atom is 0.232 e. The van der Waals surface area contributed by atoms with Gasteiger partial charge < -0.3 is 15.7 Å². The molecule has 0 radical (unpaired) electrons. The van der Waals surface area contributed by atoms with Gasteiger partial charge in [0.05, 0.1) is 5.75 Å². The van der Waals surface area contributed by atoms with Gasteiger partial charge in [0.1, 0.15) is 5.75 Å². The molecule has 0 atom stereocenters. The minimum Gasteiger partial charge on any atom is -0.508 e. The smallest absolute Gasteiger partial charge is 0.232 e. The molecule has 19 heavy (non-hydrogen) atoms. The Morgan fingerprint density at radius 3 is 2.47 bits per heavy atom. The van der Waals surface area contributed by atoms with Gasteiger partial charge >= 0.3 is 0 Å². The molecule has 0 aliphatic heterocycles. The fourth-order valence-corrected chi connectivity index (χ4v) is 2.43. The van der Waals surface area contributed by atoms with E-state index in [0.29, 0.717) is 18.8 Å². The monoisotopic (exact) mass is 282 g/mol. The van der Waals surface area contributed by atoms with Crippen LogP contribution in [0.1, 0.15) is 13.8 Å². The lowest BCUT2D eigenvalue weighted by Gasteiger charge is -2.29. The number of nitrogens with two attached hydrogens (primary N) is 1. The summed E-state index contributed by atoms with van der Waals surface area (Å²) < 4.78 is 0. The third kappa shape index (κ3) is 5.53. The van der Waals surface area contributed by atoms with Gasteiger partial charge in [-0.15, -0.1) is 11.8 Å². The van der Waals surface area contributed by atoms with Gasteiger partial charge in [0.15, 0.2) is 0 Å². The van der Waals surface area contributed by atoms with Gasteiger partial charge in [-0.1, -0.05) is 13.8 Å². The molecule has 0 unspecified atom stereocenters. The van der Waals surface area contributed by atoms with Crippen LogP contribution < -0.4 is 5.73 Å². The number of phenols is 1. The Labute approximate surface area is 119 Å². The highest BCUT2D eigenvalue weighted by molar-refractivity contribution is 8.00. The van der Waals surface area contributed by atoms with E-state index in [0.717, 1.165) is 4.90 Å². The molecule has 1 amide bonds. The summed E-state index contributed by atoms with van der Waals surface area (Å²) in [5.41, 5.74) is 5.61. The highest BCUT2D eigenvalue weighted by Gasteiger charge is 2.20. The number of phenolic OH excluding ortho intramolecular Hbond substituents is 1. The Kier molecular flexibility index (Phi) is 5.69. The van der Waals surface area contributed by atoms with E-state index in [-0.39, 0.29) is 17.1 Å². The summed E-state index contributed by atoms with van der Waals surface area (Å²) in [6, 6.07) is 6.84. The number of hydrogen-bond acceptors (Lipinski definition) is 4. The molecule has 1 rings (SSSR count). The van der Waals surface area contributed by atoms with Crippen LogP contribution >= 0.6 is 11.8 Å². The zero-order valence-electron chi connectivity index (χ0n) is 11.7. The molecule has 1 aromatic carbocycles. The Morgan fingerprint density at radius 2 is 1.95 bits per heavy atom. The SMILES string of the molecule is CN(CC(C)(C)CN)C(=O)CSc1ccc(O)cc1. The minimum atomic E-state index is -0.0619. The van der Waals surface area contributed by atoms with Crippen LogP contribution in [0.5, 0.6) is 5.75 Å². The first-order valence-electron chi connectivity index (χ1n) is 6.20. The number of nitrogens with zero attached hydrogens (tertiary/aromatic N) is 1. The number of aromatic hydroxyl groups is 1. The normalized spacial score (nSPS) is 11.4. The van der Waals surface area contributed by atoms with Crippen LogP contribution in [0, 0.1) is 5.41 Å². The molecule has 4 nitrogen and oxygen atoms in total. The van der Waals surface area contributed by atoms with Crippen molar-refractivity contribution >= 4 is 17.7 Å². The molecular weight excluding hydrogens is 260 g/mol. The zero-order chi connectivity index (χ0) is 14.5. The Hall–Kier alpha value is -1.20. The minimum absolute atomic E-state index is 0.0619. The number of amides is 1. The number of carbonyl (C=O) groups excluding carboxylic acids is 1. The van der Waals surface area contributed by atoms with E-state index in [1.54, 1.807) is 36.2 Å². The van der Waals surface area contributed by atoms with Crippen molar-refractivity contribution in [3.63, 3.8) is 0 Å². The summed E-state index contributed by atoms with van der Waals surface area (Å²) in [5.74, 6) is 0.708. The molecule has 106 valence electrons. The number of rotatable bonds is 6. The van der Waals surface area contributed by atoms with E-state index in [1.165, 1.54) is 11.8 Å². The van der Waals surface area contributed by atoms with Crippen molar-refractivity contribution in [1.29, 1.82) is 0 Å². The second kappa shape index (κ2) is 6.82. The summed E-state index contributed by atoms with van der Waals surface area (Å²) in [5, 5.41) is 9.18. The molecule has 0 aromatic heterocycles. The van der Waals surface area contributed by atoms with Crippen molar-refractivity contribution in [2.45, 2.75) is 18.7 Å². The van der Waals surface area contributed by atoms with Crippen LogP contribution in [0.2, 0.25) is 0 Å². The van der Waals surface area contributed by atoms with Crippen molar-refractivity contribution in [3.8, 4) is 5.75 Å². The zero-order valence-corrected chi connectivity index (χ0v) is 12.5. The van der Waals surface area contributed by atoms with Crippen molar-refractivity contribution in [3.05, 3.63) is 24.3 Å². The summed E-state index contributed by atoms with van der Waals surface area (Å²) in [6.45, 7) is 5.29. The molecule has 3 N–H and O–H groups in total. The fraction of sp³-hybridized carbons (Fsp3) is 0.500. The topological polar surface area (TPSA) is 66.6 Å². The highest BCUT2D eigenvalue weighted by Crippen LogP contribution is 2.21. The molecule has 5 heteroatoms. The Balaban J connectivity index is 2.44. The second-order valence-electron chi connectivity index (χ2n) is 5.40. The maximum atomic E-state index is 12.0. The number of benzene rings is 1. The van der Waals surface area contributed by atoms with E-state index in [1.807, 2.05) is 13.8 Å². The van der Waals surface area contributed by atoms with Crippen LogP contribution in [0.25, 0.3) is 0 Å². The van der Waals surface area contributed by atoms with E-state index in [9.17, 15) is 9.90 Å². The van der Waals surface area contributed by atoms with Crippen molar-refractivity contribution in [2.24, 2.45) is 11.1 Å². The summed E-state index contributed by atoms with van der Waals surface area (Å²) in [7, 11) is 1.80. The third-order valence-corrected chi connectivity index (χ3v) is 3.84. The number of thioether (sulfide) groups is 1. The average Bonchev–Trinajstić information content (AvgIpc) is 2.37. The van der Waals surface area contributed by atoms with Gasteiger partial charge in [-0.25, -0.2) is 0 Å². The lowest BCUT2D eigenvalue weighted by Crippen LogP contribution is -2.40. The summed E-state index contributed by atoms with van der Waals surface area (Å²) in [6.07, 6.45) is 0. The van der Waals surface area contributed by atoms with Crippen LogP contribution in [0.15, 0.2) is 29.2 Å². The quantitative estimate of drug-likeness (QED) is 0.782. The van der Waals surface area contributed by atoms with E-state index < -0.39 is 0 Å². The average molecular weight is 282 g/mol. The van der Waals surface area contributed by atoms with Crippen LogP contribution in [0.3, 0.4) is 0 Å². The molecule has 1 aromatic rings. The fourth-order valence-electron chi connectivity index (χ4n) is 1.59. The van der Waals surface area contributed by atoms with Crippen LogP contribution in [-0.2, 0) is 4.79 Å². The molecule has 0 spiro atoms. The van der Waals surface area contributed by atoms with E-state index >= 15 is 0 Å². The van der Waals surface area contributed by atoms with Gasteiger partial charge in [-0.3, -0.25) is 4.79 Å². The standard InChI is InChI=1S/C14H22N2O2S/c1-14(2,9-15)10-16(3)13(18)8-19-12-6-4-11(17)5-7-12/h4-7,17H,8-10,15H2,1-3H3. The molecule has 0 heterocycles. The van der Waals surface area contributed by atoms with Crippen LogP contribution in [-0.4, -0.2) is 41.8 Å². The lowest BCUT2D eigenvalue weighted by atomic mass is 9.93. The first kappa shape index (κ1) is 15.9. The summed E-state index contributed by atoms with van der Waals surface area (Å²) in [4.78, 5) is 14.7. The van der Waals surface area contributed by atoms with E-state index in [2.05, 4.69) is 0 Å². The molecule has 0 saturated carbocycles. The van der Waals surface area contributed by atoms with Crippen molar-refractivity contribution in [1.82, 2.24) is 4.90 Å². The van der Waals surface area contributed by atoms with Gasteiger partial charge in [0.2, 0.25) is 5.91 Å². The first-order valence-corrected chi connectivity index (χ1v) is 7.18. The number of hydrogen-bond donors (Lipinski definition) is 2. The first-order chi connectivity index (χ1) is 8.84. The summed E-state index contributed by atoms with van der Waals surface area (Å²) >= 11 is 1.47. The van der Waals surface area contributed by atoms with Gasteiger partial charge in [-0.05, 0) is 36.2 Å². The molecule has 0 aliphatic carbocycles. The third-order valence-electron chi connectivity index (χ3n) is 2.84. The molecule has 0 bridgehead atoms. The largest absolute Gasteiger partial charge is 0.508 e. The molecule has 0 aliphatic rings. The van der Waals surface area contributed by atoms with Gasteiger partial charge in [-0.2, -0.15) is 0 Å². The molecule has 0 fully saturated rings. The Morgan fingerprint density at radius 1 is 1.37 bits per heavy atom. The van der Waals surface area contributed by atoms with Gasteiger partial charge in [0, 0.05) is 18.5 Å². The van der Waals surface area contributed by atoms with Crippen molar-refractivity contribution < 1.29 is 9.90 Å². The highest BCUT2D eigenvalue weighted by atomic mass is 32.2.